The molecule has 1 atom stereocenters. The van der Waals surface area contributed by atoms with Crippen LogP contribution in [0, 0.1) is 5.92 Å². The van der Waals surface area contributed by atoms with Crippen LogP contribution < -0.4 is 5.43 Å². The lowest BCUT2D eigenvalue weighted by Crippen LogP contribution is -2.27. The molecule has 0 aromatic heterocycles. The highest BCUT2D eigenvalue weighted by atomic mass is 32.2. The SMILES string of the molecule is COC(=O)c1ccccc1/C=N\NC(=O)[C@@H]1CCS(=O)(=O)C1. The van der Waals surface area contributed by atoms with Gasteiger partial charge in [-0.3, -0.25) is 4.79 Å². The van der Waals surface area contributed by atoms with Crippen LogP contribution in [0.25, 0.3) is 0 Å². The standard InChI is InChI=1S/C14H16N2O5S/c1-21-14(18)12-5-3-2-4-10(12)8-15-16-13(17)11-6-7-22(19,20)9-11/h2-5,8,11H,6-7,9H2,1H3,(H,16,17)/b15-8-/t11-/m1/s1. The number of esters is 1. The van der Waals surface area contributed by atoms with Gasteiger partial charge in [-0.2, -0.15) is 5.10 Å². The first-order chi connectivity index (χ1) is 10.4. The number of carbonyl (C=O) groups is 2. The van der Waals surface area contributed by atoms with Crippen LogP contribution in [0.5, 0.6) is 0 Å². The third-order valence-corrected chi connectivity index (χ3v) is 5.12. The quantitative estimate of drug-likeness (QED) is 0.489. The molecular formula is C14H16N2O5S. The lowest BCUT2D eigenvalue weighted by Gasteiger charge is -2.05. The van der Waals surface area contributed by atoms with E-state index in [0.29, 0.717) is 17.5 Å². The van der Waals surface area contributed by atoms with Gasteiger partial charge in [-0.25, -0.2) is 18.6 Å². The summed E-state index contributed by atoms with van der Waals surface area (Å²) >= 11 is 0. The fourth-order valence-electron chi connectivity index (χ4n) is 2.16. The van der Waals surface area contributed by atoms with Crippen LogP contribution in [0.2, 0.25) is 0 Å². The number of hydrogen-bond donors (Lipinski definition) is 1. The fraction of sp³-hybridized carbons (Fsp3) is 0.357. The van der Waals surface area contributed by atoms with E-state index < -0.39 is 27.6 Å². The molecule has 0 saturated carbocycles. The van der Waals surface area contributed by atoms with Gasteiger partial charge in [0.2, 0.25) is 5.91 Å². The lowest BCUT2D eigenvalue weighted by atomic mass is 10.1. The zero-order chi connectivity index (χ0) is 16.2. The second-order valence-electron chi connectivity index (χ2n) is 4.91. The van der Waals surface area contributed by atoms with Crippen molar-refractivity contribution in [2.24, 2.45) is 11.0 Å². The van der Waals surface area contributed by atoms with E-state index in [1.807, 2.05) is 0 Å². The Morgan fingerprint density at radius 2 is 2.09 bits per heavy atom. The maximum atomic E-state index is 11.8. The molecule has 0 spiro atoms. The molecule has 1 aromatic rings. The van der Waals surface area contributed by atoms with Crippen molar-refractivity contribution < 1.29 is 22.7 Å². The number of carbonyl (C=O) groups excluding carboxylic acids is 2. The maximum absolute atomic E-state index is 11.8. The Hall–Kier alpha value is -2.22. The summed E-state index contributed by atoms with van der Waals surface area (Å²) < 4.78 is 27.3. The van der Waals surface area contributed by atoms with Gasteiger partial charge < -0.3 is 4.74 Å². The van der Waals surface area contributed by atoms with Gasteiger partial charge in [0.25, 0.3) is 0 Å². The van der Waals surface area contributed by atoms with Gasteiger partial charge in [-0.1, -0.05) is 18.2 Å². The van der Waals surface area contributed by atoms with Gasteiger partial charge in [0.05, 0.1) is 36.3 Å². The second kappa shape index (κ2) is 6.69. The zero-order valence-electron chi connectivity index (χ0n) is 12.0. The maximum Gasteiger partial charge on any atom is 0.338 e. The molecule has 1 aliphatic rings. The van der Waals surface area contributed by atoms with Crippen LogP contribution in [0.3, 0.4) is 0 Å². The summed E-state index contributed by atoms with van der Waals surface area (Å²) in [6, 6.07) is 6.64. The molecule has 0 aliphatic carbocycles. The number of sulfone groups is 1. The summed E-state index contributed by atoms with van der Waals surface area (Å²) in [5.74, 6) is -1.63. The fourth-order valence-corrected chi connectivity index (χ4v) is 3.91. The van der Waals surface area contributed by atoms with Crippen molar-refractivity contribution in [1.29, 1.82) is 0 Å². The van der Waals surface area contributed by atoms with Crippen LogP contribution in [0.4, 0.5) is 0 Å². The first kappa shape index (κ1) is 16.2. The van der Waals surface area contributed by atoms with E-state index in [1.165, 1.54) is 13.3 Å². The lowest BCUT2D eigenvalue weighted by molar-refractivity contribution is -0.124. The molecule has 1 aromatic carbocycles. The molecule has 8 heteroatoms. The second-order valence-corrected chi connectivity index (χ2v) is 7.14. The summed E-state index contributed by atoms with van der Waals surface area (Å²) in [5, 5.41) is 3.78. The number of rotatable bonds is 4. The van der Waals surface area contributed by atoms with Crippen LogP contribution >= 0.6 is 0 Å². The van der Waals surface area contributed by atoms with Crippen molar-refractivity contribution in [1.82, 2.24) is 5.43 Å². The molecule has 1 fully saturated rings. The van der Waals surface area contributed by atoms with E-state index in [1.54, 1.807) is 24.3 Å². The van der Waals surface area contributed by atoms with Gasteiger partial charge in [0, 0.05) is 5.56 Å². The average molecular weight is 324 g/mol. The smallest absolute Gasteiger partial charge is 0.338 e. The van der Waals surface area contributed by atoms with Crippen molar-refractivity contribution in [3.63, 3.8) is 0 Å². The Bertz CT molecular complexity index is 712. The molecule has 7 nitrogen and oxygen atoms in total. The van der Waals surface area contributed by atoms with Crippen molar-refractivity contribution >= 4 is 27.9 Å². The monoisotopic (exact) mass is 324 g/mol. The molecule has 0 bridgehead atoms. The molecule has 1 N–H and O–H groups in total. The number of amides is 1. The molecule has 1 aliphatic heterocycles. The number of methoxy groups -OCH3 is 1. The zero-order valence-corrected chi connectivity index (χ0v) is 12.8. The molecule has 22 heavy (non-hydrogen) atoms. The Morgan fingerprint density at radius 3 is 2.73 bits per heavy atom. The highest BCUT2D eigenvalue weighted by Gasteiger charge is 2.32. The predicted octanol–water partition coefficient (Wildman–Crippen LogP) is 0.358. The van der Waals surface area contributed by atoms with Gasteiger partial charge >= 0.3 is 5.97 Å². The minimum absolute atomic E-state index is 0.0278. The van der Waals surface area contributed by atoms with E-state index in [-0.39, 0.29) is 11.5 Å². The Labute approximate surface area is 128 Å². The topological polar surface area (TPSA) is 102 Å². The van der Waals surface area contributed by atoms with Gasteiger partial charge in [0.15, 0.2) is 9.84 Å². The molecule has 0 unspecified atom stereocenters. The highest BCUT2D eigenvalue weighted by molar-refractivity contribution is 7.91. The van der Waals surface area contributed by atoms with E-state index in [0.717, 1.165) is 0 Å². The number of nitrogens with zero attached hydrogens (tertiary/aromatic N) is 1. The summed E-state index contributed by atoms with van der Waals surface area (Å²) in [7, 11) is -1.84. The number of hydrazone groups is 1. The third kappa shape index (κ3) is 3.91. The molecule has 2 rings (SSSR count). The molecule has 0 radical (unpaired) electrons. The predicted molar refractivity (Wildman–Crippen MR) is 80.3 cm³/mol. The van der Waals surface area contributed by atoms with Crippen LogP contribution in [0.1, 0.15) is 22.3 Å². The van der Waals surface area contributed by atoms with Crippen LogP contribution in [-0.2, 0) is 19.4 Å². The van der Waals surface area contributed by atoms with E-state index in [4.69, 9.17) is 0 Å². The Kier molecular flexibility index (Phi) is 4.92. The van der Waals surface area contributed by atoms with E-state index >= 15 is 0 Å². The first-order valence-electron chi connectivity index (χ1n) is 6.63. The minimum Gasteiger partial charge on any atom is -0.465 e. The van der Waals surface area contributed by atoms with Crippen molar-refractivity contribution in [2.45, 2.75) is 6.42 Å². The normalized spacial score (nSPS) is 20.0. The molecule has 1 amide bonds. The van der Waals surface area contributed by atoms with Crippen molar-refractivity contribution in [2.75, 3.05) is 18.6 Å². The number of benzene rings is 1. The Morgan fingerprint density at radius 1 is 1.36 bits per heavy atom. The average Bonchev–Trinajstić information content (AvgIpc) is 2.87. The number of ether oxygens (including phenoxy) is 1. The third-order valence-electron chi connectivity index (χ3n) is 3.35. The van der Waals surface area contributed by atoms with Gasteiger partial charge in [0.1, 0.15) is 0 Å². The van der Waals surface area contributed by atoms with Crippen LogP contribution in [0.15, 0.2) is 29.4 Å². The van der Waals surface area contributed by atoms with Crippen LogP contribution in [-0.4, -0.2) is 45.1 Å². The molecule has 1 saturated heterocycles. The minimum atomic E-state index is -3.11. The number of nitrogens with one attached hydrogen (secondary N) is 1. The summed E-state index contributed by atoms with van der Waals surface area (Å²) in [5.41, 5.74) is 3.13. The molecule has 1 heterocycles. The van der Waals surface area contributed by atoms with E-state index in [9.17, 15) is 18.0 Å². The summed E-state index contributed by atoms with van der Waals surface area (Å²) in [6.07, 6.45) is 1.63. The van der Waals surface area contributed by atoms with Gasteiger partial charge in [-0.05, 0) is 12.5 Å². The molecule has 118 valence electrons. The highest BCUT2D eigenvalue weighted by Crippen LogP contribution is 2.18. The molecular weight excluding hydrogens is 308 g/mol. The number of hydrogen-bond acceptors (Lipinski definition) is 6. The van der Waals surface area contributed by atoms with Gasteiger partial charge in [-0.15, -0.1) is 0 Å². The van der Waals surface area contributed by atoms with Crippen molar-refractivity contribution in [3.8, 4) is 0 Å². The first-order valence-corrected chi connectivity index (χ1v) is 8.46. The summed E-state index contributed by atoms with van der Waals surface area (Å²) in [4.78, 5) is 23.4. The Balaban J connectivity index is 2.01. The van der Waals surface area contributed by atoms with E-state index in [2.05, 4.69) is 15.3 Å². The largest absolute Gasteiger partial charge is 0.465 e. The van der Waals surface area contributed by atoms with Crippen molar-refractivity contribution in [3.05, 3.63) is 35.4 Å². The summed E-state index contributed by atoms with van der Waals surface area (Å²) in [6.45, 7) is 0.